The molecule has 0 fully saturated rings. The van der Waals surface area contributed by atoms with E-state index >= 15 is 0 Å². The minimum Gasteiger partial charge on any atom is -0.268 e. The molecule has 230 valence electrons. The van der Waals surface area contributed by atoms with Crippen LogP contribution < -0.4 is 11.1 Å². The van der Waals surface area contributed by atoms with E-state index in [4.69, 9.17) is 9.97 Å². The lowest BCUT2D eigenvalue weighted by atomic mass is 10.0. The minimum absolute atomic E-state index is 0.164. The summed E-state index contributed by atoms with van der Waals surface area (Å²) in [5.74, 6) is 1.16. The van der Waals surface area contributed by atoms with Crippen LogP contribution in [-0.4, -0.2) is 19.1 Å². The van der Waals surface area contributed by atoms with E-state index in [1.165, 1.54) is 0 Å². The van der Waals surface area contributed by atoms with E-state index in [2.05, 4.69) is 0 Å². The Morgan fingerprint density at radius 3 is 1.23 bits per heavy atom. The second-order valence-electron chi connectivity index (χ2n) is 12.0. The van der Waals surface area contributed by atoms with Gasteiger partial charge in [0.1, 0.15) is 11.6 Å². The molecule has 0 N–H and O–H groups in total. The summed E-state index contributed by atoms with van der Waals surface area (Å²) in [7, 11) is 0. The molecule has 6 aromatic carbocycles. The molecule has 0 spiro atoms. The van der Waals surface area contributed by atoms with Gasteiger partial charge >= 0.3 is 0 Å². The first-order valence-corrected chi connectivity index (χ1v) is 15.8. The van der Waals surface area contributed by atoms with Crippen LogP contribution in [-0.2, 0) is 0 Å². The van der Waals surface area contributed by atoms with Gasteiger partial charge in [-0.1, -0.05) is 97.1 Å². The molecule has 2 heterocycles. The predicted octanol–water partition coefficient (Wildman–Crippen LogP) is 8.70. The molecule has 8 aromatic rings. The lowest BCUT2D eigenvalue weighted by molar-refractivity contribution is 0.973. The van der Waals surface area contributed by atoms with Gasteiger partial charge < -0.3 is 0 Å². The van der Waals surface area contributed by atoms with Gasteiger partial charge in [0.2, 0.25) is 0 Å². The van der Waals surface area contributed by atoms with E-state index in [0.717, 1.165) is 44.8 Å². The minimum atomic E-state index is -0.164. The summed E-state index contributed by atoms with van der Waals surface area (Å²) in [6, 6.07) is 46.7. The van der Waals surface area contributed by atoms with Crippen LogP contribution in [0.25, 0.3) is 67.1 Å². The molecule has 0 bridgehead atoms. The van der Waals surface area contributed by atoms with Crippen molar-refractivity contribution in [3.63, 3.8) is 0 Å². The molecule has 0 aliphatic rings. The van der Waals surface area contributed by atoms with Crippen LogP contribution >= 0.6 is 0 Å². The smallest absolute Gasteiger partial charge is 0.266 e. The topological polar surface area (TPSA) is 69.8 Å². The van der Waals surface area contributed by atoms with E-state index < -0.39 is 0 Å². The lowest BCUT2D eigenvalue weighted by Crippen LogP contribution is -2.22. The highest BCUT2D eigenvalue weighted by atomic mass is 16.1. The Bertz CT molecular complexity index is 2440. The molecule has 8 rings (SSSR count). The van der Waals surface area contributed by atoms with Crippen LogP contribution in [0.15, 0.2) is 155 Å². The summed E-state index contributed by atoms with van der Waals surface area (Å²) in [6.07, 6.45) is 0. The second kappa shape index (κ2) is 11.8. The van der Waals surface area contributed by atoms with Gasteiger partial charge in [-0.25, -0.2) is 9.97 Å². The first kappa shape index (κ1) is 29.0. The van der Waals surface area contributed by atoms with Gasteiger partial charge in [-0.05, 0) is 84.6 Å². The van der Waals surface area contributed by atoms with Crippen molar-refractivity contribution in [2.45, 2.75) is 13.8 Å². The summed E-state index contributed by atoms with van der Waals surface area (Å²) >= 11 is 0. The molecule has 0 saturated carbocycles. The maximum atomic E-state index is 14.3. The maximum Gasteiger partial charge on any atom is 0.266 e. The van der Waals surface area contributed by atoms with Crippen LogP contribution in [0.1, 0.15) is 11.1 Å². The fourth-order valence-electron chi connectivity index (χ4n) is 6.31. The van der Waals surface area contributed by atoms with Crippen molar-refractivity contribution < 1.29 is 0 Å². The predicted molar refractivity (Wildman–Crippen MR) is 194 cm³/mol. The summed E-state index contributed by atoms with van der Waals surface area (Å²) in [4.78, 5) is 38.7. The molecular weight excluding hydrogens is 592 g/mol. The van der Waals surface area contributed by atoms with Crippen molar-refractivity contribution in [2.24, 2.45) is 0 Å². The Morgan fingerprint density at radius 1 is 0.417 bits per heavy atom. The first-order valence-electron chi connectivity index (χ1n) is 15.8. The summed E-state index contributed by atoms with van der Waals surface area (Å²) < 4.78 is 3.37. The molecule has 0 aliphatic carbocycles. The van der Waals surface area contributed by atoms with Crippen molar-refractivity contribution in [3.8, 4) is 45.3 Å². The van der Waals surface area contributed by atoms with Gasteiger partial charge in [0.15, 0.2) is 0 Å². The number of aromatic nitrogens is 4. The monoisotopic (exact) mass is 622 g/mol. The summed E-state index contributed by atoms with van der Waals surface area (Å²) in [6.45, 7) is 4.02. The quantitative estimate of drug-likeness (QED) is 0.193. The van der Waals surface area contributed by atoms with E-state index in [-0.39, 0.29) is 11.1 Å². The fourth-order valence-corrected chi connectivity index (χ4v) is 6.31. The van der Waals surface area contributed by atoms with Crippen LogP contribution in [0.5, 0.6) is 0 Å². The molecular formula is C42H30N4O2. The van der Waals surface area contributed by atoms with Gasteiger partial charge in [-0.3, -0.25) is 18.7 Å². The number of fused-ring (bicyclic) bond motifs is 2. The van der Waals surface area contributed by atoms with Crippen LogP contribution in [0.4, 0.5) is 0 Å². The fraction of sp³-hybridized carbons (Fsp3) is 0.0476. The molecule has 48 heavy (non-hydrogen) atoms. The van der Waals surface area contributed by atoms with E-state index in [9.17, 15) is 9.59 Å². The Labute approximate surface area is 276 Å². The zero-order valence-corrected chi connectivity index (χ0v) is 26.5. The Morgan fingerprint density at radius 2 is 0.833 bits per heavy atom. The van der Waals surface area contributed by atoms with E-state index in [1.54, 1.807) is 9.13 Å². The number of rotatable bonds is 5. The largest absolute Gasteiger partial charge is 0.268 e. The molecule has 0 unspecified atom stereocenters. The standard InChI is InChI=1S/C42H30N4O2/c1-27-11-9-17-33(23-27)45-39(29-13-5-3-6-14-29)43-37-21-19-31(25-35(37)41(45)47)32-20-22-38-36(26-32)42(48)46(34-18-10-12-28(2)24-34)40(44-38)30-15-7-4-8-16-30/h3-26H,1-2H3. The van der Waals surface area contributed by atoms with E-state index in [0.29, 0.717) is 33.5 Å². The van der Waals surface area contributed by atoms with Crippen molar-refractivity contribution in [3.05, 3.63) is 177 Å². The van der Waals surface area contributed by atoms with Crippen molar-refractivity contribution in [1.82, 2.24) is 19.1 Å². The van der Waals surface area contributed by atoms with Crippen LogP contribution in [0.2, 0.25) is 0 Å². The van der Waals surface area contributed by atoms with Crippen molar-refractivity contribution in [2.75, 3.05) is 0 Å². The Kier molecular flexibility index (Phi) is 7.11. The normalized spacial score (nSPS) is 11.3. The highest BCUT2D eigenvalue weighted by Gasteiger charge is 2.18. The summed E-state index contributed by atoms with van der Waals surface area (Å²) in [5, 5.41) is 0.979. The average molecular weight is 623 g/mol. The maximum absolute atomic E-state index is 14.3. The van der Waals surface area contributed by atoms with Gasteiger partial charge in [-0.2, -0.15) is 0 Å². The number of aryl methyl sites for hydroxylation is 2. The van der Waals surface area contributed by atoms with Gasteiger partial charge in [-0.15, -0.1) is 0 Å². The number of hydrogen-bond acceptors (Lipinski definition) is 4. The molecule has 0 amide bonds. The molecule has 0 saturated heterocycles. The Hall–Kier alpha value is -6.40. The summed E-state index contributed by atoms with van der Waals surface area (Å²) in [5.41, 5.74) is 7.78. The van der Waals surface area contributed by atoms with Crippen LogP contribution in [0.3, 0.4) is 0 Å². The molecule has 0 atom stereocenters. The first-order chi connectivity index (χ1) is 23.4. The highest BCUT2D eigenvalue weighted by molar-refractivity contribution is 5.90. The molecule has 0 aliphatic heterocycles. The third-order valence-electron chi connectivity index (χ3n) is 8.65. The SMILES string of the molecule is Cc1cccc(-n2c(-c3ccccc3)nc3ccc(-c4ccc5nc(-c6ccccc6)n(-c6cccc(C)c6)c(=O)c5c4)cc3c2=O)c1. The highest BCUT2D eigenvalue weighted by Crippen LogP contribution is 2.29. The third kappa shape index (κ3) is 5.10. The molecule has 2 aromatic heterocycles. The average Bonchev–Trinajstić information content (AvgIpc) is 3.12. The van der Waals surface area contributed by atoms with Gasteiger partial charge in [0.05, 0.1) is 33.2 Å². The zero-order valence-electron chi connectivity index (χ0n) is 26.5. The third-order valence-corrected chi connectivity index (χ3v) is 8.65. The van der Waals surface area contributed by atoms with Crippen LogP contribution in [0, 0.1) is 13.8 Å². The Balaban J connectivity index is 1.33. The molecule has 6 heteroatoms. The molecule has 0 radical (unpaired) electrons. The van der Waals surface area contributed by atoms with Gasteiger partial charge in [0.25, 0.3) is 11.1 Å². The zero-order chi connectivity index (χ0) is 32.8. The lowest BCUT2D eigenvalue weighted by Gasteiger charge is -2.16. The molecule has 6 nitrogen and oxygen atoms in total. The number of nitrogens with zero attached hydrogens (tertiary/aromatic N) is 4. The number of benzene rings is 6. The number of hydrogen-bond donors (Lipinski definition) is 0. The van der Waals surface area contributed by atoms with Crippen molar-refractivity contribution in [1.29, 1.82) is 0 Å². The van der Waals surface area contributed by atoms with Gasteiger partial charge in [0, 0.05) is 11.1 Å². The van der Waals surface area contributed by atoms with E-state index in [1.807, 2.05) is 159 Å². The van der Waals surface area contributed by atoms with Crippen molar-refractivity contribution >= 4 is 21.8 Å². The second-order valence-corrected chi connectivity index (χ2v) is 12.0.